The number of hydrogen-bond donors (Lipinski definition) is 3. The van der Waals surface area contributed by atoms with Crippen molar-refractivity contribution in [2.24, 2.45) is 0 Å². The van der Waals surface area contributed by atoms with Gasteiger partial charge in [-0.15, -0.1) is 0 Å². The minimum Gasteiger partial charge on any atom is -0.508 e. The summed E-state index contributed by atoms with van der Waals surface area (Å²) in [7, 11) is 0. The van der Waals surface area contributed by atoms with Gasteiger partial charge in [0.1, 0.15) is 17.1 Å². The van der Waals surface area contributed by atoms with E-state index in [4.69, 9.17) is 4.42 Å². The molecule has 6 nitrogen and oxygen atoms in total. The molecule has 3 N–H and O–H groups in total. The zero-order valence-electron chi connectivity index (χ0n) is 13.3. The third-order valence-electron chi connectivity index (χ3n) is 4.49. The van der Waals surface area contributed by atoms with Crippen LogP contribution in [0.25, 0.3) is 11.5 Å². The second kappa shape index (κ2) is 5.98. The molecule has 0 saturated heterocycles. The fraction of sp³-hybridized carbons (Fsp3) is 0.158. The number of fused-ring (bicyclic) bond motifs is 1. The number of carbonyl (C=O) groups is 1. The van der Waals surface area contributed by atoms with Gasteiger partial charge in [0.25, 0.3) is 11.5 Å². The van der Waals surface area contributed by atoms with Gasteiger partial charge in [0, 0.05) is 0 Å². The topological polar surface area (TPSA) is 95.3 Å². The second-order valence-electron chi connectivity index (χ2n) is 6.00. The molecule has 4 rings (SSSR count). The maximum Gasteiger partial charge on any atom is 0.261 e. The predicted molar refractivity (Wildman–Crippen MR) is 91.4 cm³/mol. The molecular formula is C19H16N2O4. The van der Waals surface area contributed by atoms with Crippen LogP contribution in [0, 0.1) is 0 Å². The van der Waals surface area contributed by atoms with Crippen LogP contribution in [0.5, 0.6) is 5.75 Å². The Morgan fingerprint density at radius 1 is 1.20 bits per heavy atom. The average molecular weight is 336 g/mol. The van der Waals surface area contributed by atoms with Gasteiger partial charge >= 0.3 is 0 Å². The first kappa shape index (κ1) is 15.3. The zero-order valence-corrected chi connectivity index (χ0v) is 13.3. The van der Waals surface area contributed by atoms with E-state index < -0.39 is 11.5 Å². The molecule has 1 aliphatic carbocycles. The number of hydrogen-bond acceptors (Lipinski definition) is 4. The molecule has 0 radical (unpaired) electrons. The summed E-state index contributed by atoms with van der Waals surface area (Å²) >= 11 is 0. The Morgan fingerprint density at radius 3 is 2.84 bits per heavy atom. The first-order valence-corrected chi connectivity index (χ1v) is 8.02. The van der Waals surface area contributed by atoms with Crippen LogP contribution < -0.4 is 10.9 Å². The van der Waals surface area contributed by atoms with Crippen molar-refractivity contribution < 1.29 is 14.3 Å². The Balaban J connectivity index is 1.57. The van der Waals surface area contributed by atoms with Crippen molar-refractivity contribution >= 4 is 5.91 Å². The Labute approximate surface area is 143 Å². The van der Waals surface area contributed by atoms with Crippen molar-refractivity contribution in [1.82, 2.24) is 10.3 Å². The summed E-state index contributed by atoms with van der Waals surface area (Å²) in [4.78, 5) is 27.4. The van der Waals surface area contributed by atoms with Crippen molar-refractivity contribution in [2.45, 2.75) is 18.9 Å². The summed E-state index contributed by atoms with van der Waals surface area (Å²) in [5.41, 5.74) is 1.85. The number of nitrogens with one attached hydrogen (secondary N) is 2. The van der Waals surface area contributed by atoms with Crippen LogP contribution in [-0.4, -0.2) is 16.0 Å². The lowest BCUT2D eigenvalue weighted by Gasteiger charge is -2.14. The molecule has 1 aromatic carbocycles. The number of benzene rings is 1. The molecule has 2 aromatic heterocycles. The third-order valence-corrected chi connectivity index (χ3v) is 4.49. The number of aromatic hydroxyl groups is 1. The van der Waals surface area contributed by atoms with Gasteiger partial charge in [0.2, 0.25) is 0 Å². The molecule has 1 amide bonds. The standard InChI is InChI=1S/C19H16N2O4/c22-16-4-1-3-11-12(16)6-8-14(11)20-18(23)13-7-9-15(21-19(13)24)17-5-2-10-25-17/h1-5,7,9-10,14,22H,6,8H2,(H,20,23)(H,21,24)/t14-/m0/s1. The lowest BCUT2D eigenvalue weighted by atomic mass is 10.1. The van der Waals surface area contributed by atoms with Crippen LogP contribution in [0.15, 0.2) is 57.9 Å². The van der Waals surface area contributed by atoms with Crippen LogP contribution in [0.4, 0.5) is 0 Å². The van der Waals surface area contributed by atoms with Gasteiger partial charge in [0.15, 0.2) is 0 Å². The molecule has 0 spiro atoms. The van der Waals surface area contributed by atoms with Gasteiger partial charge in [-0.25, -0.2) is 0 Å². The quantitative estimate of drug-likeness (QED) is 0.685. The van der Waals surface area contributed by atoms with E-state index in [1.807, 2.05) is 6.07 Å². The van der Waals surface area contributed by atoms with Crippen LogP contribution in [0.2, 0.25) is 0 Å². The first-order chi connectivity index (χ1) is 12.1. The van der Waals surface area contributed by atoms with Crippen molar-refractivity contribution in [1.29, 1.82) is 0 Å². The van der Waals surface area contributed by atoms with E-state index in [1.165, 1.54) is 12.3 Å². The molecule has 0 aliphatic heterocycles. The van der Waals surface area contributed by atoms with E-state index in [-0.39, 0.29) is 17.4 Å². The summed E-state index contributed by atoms with van der Waals surface area (Å²) in [5.74, 6) is 0.340. The molecular weight excluding hydrogens is 320 g/mol. The van der Waals surface area contributed by atoms with E-state index in [9.17, 15) is 14.7 Å². The largest absolute Gasteiger partial charge is 0.508 e. The summed E-state index contributed by atoms with van der Waals surface area (Å²) in [5, 5.41) is 12.8. The molecule has 0 fully saturated rings. The molecule has 6 heteroatoms. The van der Waals surface area contributed by atoms with E-state index in [0.717, 1.165) is 11.1 Å². The summed E-state index contributed by atoms with van der Waals surface area (Å²) in [6, 6.07) is 11.7. The predicted octanol–water partition coefficient (Wildman–Crippen LogP) is 2.76. The van der Waals surface area contributed by atoms with Gasteiger partial charge in [0.05, 0.1) is 18.0 Å². The molecule has 0 unspecified atom stereocenters. The number of H-pyrrole nitrogens is 1. The summed E-state index contributed by atoms with van der Waals surface area (Å²) in [6.07, 6.45) is 2.91. The zero-order chi connectivity index (χ0) is 17.4. The Morgan fingerprint density at radius 2 is 2.08 bits per heavy atom. The number of aromatic amines is 1. The highest BCUT2D eigenvalue weighted by Crippen LogP contribution is 2.36. The number of rotatable bonds is 3. The highest BCUT2D eigenvalue weighted by Gasteiger charge is 2.26. The van der Waals surface area contributed by atoms with Gasteiger partial charge in [-0.2, -0.15) is 0 Å². The maximum absolute atomic E-state index is 12.5. The minimum atomic E-state index is -0.472. The summed E-state index contributed by atoms with van der Waals surface area (Å²) in [6.45, 7) is 0. The fourth-order valence-corrected chi connectivity index (χ4v) is 3.25. The van der Waals surface area contributed by atoms with Gasteiger partial charge in [-0.1, -0.05) is 12.1 Å². The van der Waals surface area contributed by atoms with Crippen molar-refractivity contribution in [3.8, 4) is 17.2 Å². The van der Waals surface area contributed by atoms with E-state index >= 15 is 0 Å². The fourth-order valence-electron chi connectivity index (χ4n) is 3.25. The highest BCUT2D eigenvalue weighted by atomic mass is 16.3. The number of amides is 1. The molecule has 0 saturated carbocycles. The molecule has 2 heterocycles. The van der Waals surface area contributed by atoms with Crippen LogP contribution in [0.3, 0.4) is 0 Å². The number of furan rings is 1. The lowest BCUT2D eigenvalue weighted by molar-refractivity contribution is 0.0935. The Bertz CT molecular complexity index is 989. The lowest BCUT2D eigenvalue weighted by Crippen LogP contribution is -2.32. The number of phenols is 1. The average Bonchev–Trinajstić information content (AvgIpc) is 3.26. The summed E-state index contributed by atoms with van der Waals surface area (Å²) < 4.78 is 5.24. The van der Waals surface area contributed by atoms with E-state index in [0.29, 0.717) is 24.3 Å². The Kier molecular flexibility index (Phi) is 3.65. The third kappa shape index (κ3) is 2.71. The van der Waals surface area contributed by atoms with Gasteiger partial charge in [-0.3, -0.25) is 9.59 Å². The monoisotopic (exact) mass is 336 g/mol. The number of pyridine rings is 1. The number of carbonyl (C=O) groups excluding carboxylic acids is 1. The van der Waals surface area contributed by atoms with Crippen LogP contribution in [0.1, 0.15) is 33.9 Å². The molecule has 3 aromatic rings. The smallest absolute Gasteiger partial charge is 0.261 e. The number of aromatic nitrogens is 1. The van der Waals surface area contributed by atoms with Gasteiger partial charge in [-0.05, 0) is 54.3 Å². The SMILES string of the molecule is O=C(N[C@H]1CCc2c(O)cccc21)c1ccc(-c2ccco2)[nH]c1=O. The minimum absolute atomic E-state index is 0.0453. The first-order valence-electron chi connectivity index (χ1n) is 8.02. The molecule has 126 valence electrons. The van der Waals surface area contributed by atoms with Crippen molar-refractivity contribution in [3.05, 3.63) is 75.8 Å². The molecule has 1 aliphatic rings. The van der Waals surface area contributed by atoms with E-state index in [1.54, 1.807) is 30.3 Å². The van der Waals surface area contributed by atoms with Gasteiger partial charge < -0.3 is 19.8 Å². The maximum atomic E-state index is 12.5. The van der Waals surface area contributed by atoms with Crippen LogP contribution >= 0.6 is 0 Å². The molecule has 0 bridgehead atoms. The normalized spacial score (nSPS) is 15.8. The van der Waals surface area contributed by atoms with Crippen molar-refractivity contribution in [3.63, 3.8) is 0 Å². The number of phenolic OH excluding ortho intramolecular Hbond substituents is 1. The molecule has 1 atom stereocenters. The van der Waals surface area contributed by atoms with E-state index in [2.05, 4.69) is 10.3 Å². The molecule has 25 heavy (non-hydrogen) atoms. The van der Waals surface area contributed by atoms with Crippen molar-refractivity contribution in [2.75, 3.05) is 0 Å². The highest BCUT2D eigenvalue weighted by molar-refractivity contribution is 5.94. The second-order valence-corrected chi connectivity index (χ2v) is 6.00. The Hall–Kier alpha value is -3.28. The van der Waals surface area contributed by atoms with Crippen LogP contribution in [-0.2, 0) is 6.42 Å².